The molecule has 1 N–H and O–H groups in total. The topological polar surface area (TPSA) is 29.9 Å². The van der Waals surface area contributed by atoms with E-state index in [0.29, 0.717) is 0 Å². The Morgan fingerprint density at radius 3 is 2.52 bits per heavy atom. The second-order valence-electron chi connectivity index (χ2n) is 5.13. The number of aromatic nitrogens is 2. The van der Waals surface area contributed by atoms with E-state index in [4.69, 9.17) is 0 Å². The van der Waals surface area contributed by atoms with Crippen molar-refractivity contribution in [3.8, 4) is 0 Å². The summed E-state index contributed by atoms with van der Waals surface area (Å²) in [6.45, 7) is 0.731. The van der Waals surface area contributed by atoms with Gasteiger partial charge in [0, 0.05) is 25.1 Å². The van der Waals surface area contributed by atoms with Crippen LogP contribution in [0.1, 0.15) is 17.0 Å². The maximum atomic E-state index is 4.34. The van der Waals surface area contributed by atoms with Crippen LogP contribution in [0, 0.1) is 0 Å². The van der Waals surface area contributed by atoms with Gasteiger partial charge >= 0.3 is 0 Å². The highest BCUT2D eigenvalue weighted by Gasteiger charge is 2.04. The smallest absolute Gasteiger partial charge is 0.127 e. The summed E-state index contributed by atoms with van der Waals surface area (Å²) in [5.41, 5.74) is 3.80. The Morgan fingerprint density at radius 1 is 1.00 bits per heavy atom. The molecule has 0 saturated heterocycles. The zero-order chi connectivity index (χ0) is 14.5. The Morgan fingerprint density at radius 2 is 1.76 bits per heavy atom. The highest BCUT2D eigenvalue weighted by molar-refractivity contribution is 5.52. The molecule has 3 aromatic rings. The van der Waals surface area contributed by atoms with Gasteiger partial charge in [-0.15, -0.1) is 0 Å². The number of benzene rings is 2. The second kappa shape index (κ2) is 6.27. The van der Waals surface area contributed by atoms with E-state index in [0.717, 1.165) is 18.8 Å². The molecule has 3 heteroatoms. The summed E-state index contributed by atoms with van der Waals surface area (Å²) in [6, 6.07) is 19.0. The summed E-state index contributed by atoms with van der Waals surface area (Å²) in [5, 5.41) is 3.49. The summed E-state index contributed by atoms with van der Waals surface area (Å²) in [6.07, 6.45) is 4.73. The molecule has 0 aliphatic carbocycles. The highest BCUT2D eigenvalue weighted by atomic mass is 15.1. The van der Waals surface area contributed by atoms with E-state index in [1.165, 1.54) is 16.8 Å². The first-order valence-corrected chi connectivity index (χ1v) is 7.15. The van der Waals surface area contributed by atoms with Crippen LogP contribution in [0.5, 0.6) is 0 Å². The SMILES string of the molecule is Cn1ccnc1CNc1ccccc1Cc1ccccc1. The van der Waals surface area contributed by atoms with Crippen LogP contribution >= 0.6 is 0 Å². The molecule has 0 unspecified atom stereocenters. The van der Waals surface area contributed by atoms with Crippen molar-refractivity contribution in [2.75, 3.05) is 5.32 Å². The van der Waals surface area contributed by atoms with Gasteiger partial charge in [-0.05, 0) is 23.6 Å². The summed E-state index contributed by atoms with van der Waals surface area (Å²) in [7, 11) is 2.01. The lowest BCUT2D eigenvalue weighted by Gasteiger charge is -2.12. The number of para-hydroxylation sites is 1. The monoisotopic (exact) mass is 277 g/mol. The molecule has 106 valence electrons. The molecule has 1 heterocycles. The van der Waals surface area contributed by atoms with Crippen LogP contribution < -0.4 is 5.32 Å². The predicted octanol–water partition coefficient (Wildman–Crippen LogP) is 3.62. The molecule has 0 spiro atoms. The van der Waals surface area contributed by atoms with Gasteiger partial charge in [-0.3, -0.25) is 0 Å². The predicted molar refractivity (Wildman–Crippen MR) is 86.2 cm³/mol. The minimum Gasteiger partial charge on any atom is -0.378 e. The standard InChI is InChI=1S/C18H19N3/c1-21-12-11-19-18(21)14-20-17-10-6-5-9-16(17)13-15-7-3-2-4-8-15/h2-12,20H,13-14H2,1H3. The zero-order valence-corrected chi connectivity index (χ0v) is 12.2. The van der Waals surface area contributed by atoms with E-state index in [-0.39, 0.29) is 0 Å². The van der Waals surface area contributed by atoms with Gasteiger partial charge in [0.15, 0.2) is 0 Å². The van der Waals surface area contributed by atoms with Crippen molar-refractivity contribution in [2.24, 2.45) is 7.05 Å². The number of nitrogens with one attached hydrogen (secondary N) is 1. The lowest BCUT2D eigenvalue weighted by atomic mass is 10.0. The van der Waals surface area contributed by atoms with Crippen LogP contribution in [-0.4, -0.2) is 9.55 Å². The maximum absolute atomic E-state index is 4.34. The second-order valence-corrected chi connectivity index (χ2v) is 5.13. The molecule has 0 aliphatic rings. The van der Waals surface area contributed by atoms with Gasteiger partial charge < -0.3 is 9.88 Å². The number of anilines is 1. The molecule has 0 saturated carbocycles. The van der Waals surface area contributed by atoms with E-state index < -0.39 is 0 Å². The van der Waals surface area contributed by atoms with Crippen LogP contribution in [0.2, 0.25) is 0 Å². The molecule has 0 amide bonds. The average Bonchev–Trinajstić information content (AvgIpc) is 2.93. The van der Waals surface area contributed by atoms with E-state index in [9.17, 15) is 0 Å². The molecule has 2 aromatic carbocycles. The van der Waals surface area contributed by atoms with Crippen LogP contribution in [-0.2, 0) is 20.0 Å². The molecular weight excluding hydrogens is 258 g/mol. The van der Waals surface area contributed by atoms with Crippen molar-refractivity contribution < 1.29 is 0 Å². The van der Waals surface area contributed by atoms with Crippen molar-refractivity contribution in [3.05, 3.63) is 83.9 Å². The van der Waals surface area contributed by atoms with Gasteiger partial charge in [0.2, 0.25) is 0 Å². The number of hydrogen-bond acceptors (Lipinski definition) is 2. The molecule has 0 bridgehead atoms. The lowest BCUT2D eigenvalue weighted by Crippen LogP contribution is -2.07. The van der Waals surface area contributed by atoms with E-state index >= 15 is 0 Å². The van der Waals surface area contributed by atoms with Gasteiger partial charge in [-0.2, -0.15) is 0 Å². The Hall–Kier alpha value is -2.55. The van der Waals surface area contributed by atoms with E-state index in [2.05, 4.69) is 64.9 Å². The van der Waals surface area contributed by atoms with Gasteiger partial charge in [0.1, 0.15) is 5.82 Å². The van der Waals surface area contributed by atoms with Crippen molar-refractivity contribution >= 4 is 5.69 Å². The third-order valence-corrected chi connectivity index (χ3v) is 3.61. The normalized spacial score (nSPS) is 10.5. The average molecular weight is 277 g/mol. The Bertz CT molecular complexity index is 701. The fraction of sp³-hybridized carbons (Fsp3) is 0.167. The van der Waals surface area contributed by atoms with Gasteiger partial charge in [-0.1, -0.05) is 48.5 Å². The molecule has 3 nitrogen and oxygen atoms in total. The fourth-order valence-corrected chi connectivity index (χ4v) is 2.40. The van der Waals surface area contributed by atoms with E-state index in [1.807, 2.05) is 24.0 Å². The first-order valence-electron chi connectivity index (χ1n) is 7.15. The molecule has 0 atom stereocenters. The zero-order valence-electron chi connectivity index (χ0n) is 12.2. The molecule has 0 fully saturated rings. The number of hydrogen-bond donors (Lipinski definition) is 1. The number of nitrogens with zero attached hydrogens (tertiary/aromatic N) is 2. The van der Waals surface area contributed by atoms with Gasteiger partial charge in [0.05, 0.1) is 6.54 Å². The van der Waals surface area contributed by atoms with Crippen molar-refractivity contribution in [3.63, 3.8) is 0 Å². The van der Waals surface area contributed by atoms with Crippen LogP contribution in [0.3, 0.4) is 0 Å². The van der Waals surface area contributed by atoms with Crippen molar-refractivity contribution in [1.29, 1.82) is 0 Å². The third kappa shape index (κ3) is 3.31. The molecular formula is C18H19N3. The first kappa shape index (κ1) is 13.4. The molecule has 0 aliphatic heterocycles. The maximum Gasteiger partial charge on any atom is 0.127 e. The lowest BCUT2D eigenvalue weighted by molar-refractivity contribution is 0.812. The molecule has 0 radical (unpaired) electrons. The summed E-state index contributed by atoms with van der Waals surface area (Å²) < 4.78 is 2.03. The molecule has 21 heavy (non-hydrogen) atoms. The van der Waals surface area contributed by atoms with Crippen LogP contribution in [0.4, 0.5) is 5.69 Å². The van der Waals surface area contributed by atoms with E-state index in [1.54, 1.807) is 0 Å². The van der Waals surface area contributed by atoms with Gasteiger partial charge in [-0.25, -0.2) is 4.98 Å². The van der Waals surface area contributed by atoms with Crippen LogP contribution in [0.25, 0.3) is 0 Å². The number of rotatable bonds is 5. The van der Waals surface area contributed by atoms with Crippen molar-refractivity contribution in [1.82, 2.24) is 9.55 Å². The van der Waals surface area contributed by atoms with Gasteiger partial charge in [0.25, 0.3) is 0 Å². The van der Waals surface area contributed by atoms with Crippen LogP contribution in [0.15, 0.2) is 67.0 Å². The number of imidazole rings is 1. The third-order valence-electron chi connectivity index (χ3n) is 3.61. The highest BCUT2D eigenvalue weighted by Crippen LogP contribution is 2.19. The quantitative estimate of drug-likeness (QED) is 0.772. The Labute approximate surface area is 125 Å². The largest absolute Gasteiger partial charge is 0.378 e. The summed E-state index contributed by atoms with van der Waals surface area (Å²) >= 11 is 0. The molecule has 3 rings (SSSR count). The first-order chi connectivity index (χ1) is 10.3. The minimum absolute atomic E-state index is 0.731. The minimum atomic E-state index is 0.731. The van der Waals surface area contributed by atoms with Crippen molar-refractivity contribution in [2.45, 2.75) is 13.0 Å². The fourth-order valence-electron chi connectivity index (χ4n) is 2.40. The summed E-state index contributed by atoms with van der Waals surface area (Å²) in [5.74, 6) is 1.03. The molecule has 1 aromatic heterocycles. The number of aryl methyl sites for hydroxylation is 1. The summed E-state index contributed by atoms with van der Waals surface area (Å²) in [4.78, 5) is 4.34. The Balaban J connectivity index is 1.75. The Kier molecular flexibility index (Phi) is 4.01.